The van der Waals surface area contributed by atoms with Crippen LogP contribution >= 0.6 is 0 Å². The number of hydrogen-bond donors (Lipinski definition) is 1. The fraction of sp³-hybridized carbons (Fsp3) is 0.533. The second-order valence-electron chi connectivity index (χ2n) is 5.63. The molecule has 0 aromatic carbocycles. The highest BCUT2D eigenvalue weighted by Crippen LogP contribution is 2.11. The second-order valence-corrected chi connectivity index (χ2v) is 5.63. The second kappa shape index (κ2) is 6.82. The molecule has 1 amide bonds. The number of nitrogens with one attached hydrogen (secondary N) is 1. The van der Waals surface area contributed by atoms with Gasteiger partial charge in [0.25, 0.3) is 0 Å². The molecule has 1 unspecified atom stereocenters. The van der Waals surface area contributed by atoms with Crippen LogP contribution in [0.5, 0.6) is 0 Å². The van der Waals surface area contributed by atoms with Crippen molar-refractivity contribution in [2.24, 2.45) is 0 Å². The zero-order valence-corrected chi connectivity index (χ0v) is 13.1. The monoisotopic (exact) mass is 319 g/mol. The van der Waals surface area contributed by atoms with Crippen LogP contribution in [0.15, 0.2) is 29.2 Å². The number of alkyl carbamates (subject to hydrolysis) is 1. The van der Waals surface area contributed by atoms with Crippen molar-refractivity contribution in [1.29, 1.82) is 0 Å². The fourth-order valence-electron chi connectivity index (χ4n) is 2.89. The molecule has 1 aliphatic heterocycles. The van der Waals surface area contributed by atoms with E-state index in [1.54, 1.807) is 25.3 Å². The number of rotatable bonds is 4. The van der Waals surface area contributed by atoms with E-state index in [1.165, 1.54) is 9.08 Å². The zero-order chi connectivity index (χ0) is 16.2. The van der Waals surface area contributed by atoms with E-state index in [1.807, 2.05) is 6.07 Å². The largest absolute Gasteiger partial charge is 0.450 e. The predicted octanol–water partition coefficient (Wildman–Crippen LogP) is 0.664. The molecular formula is C15H21N5O3. The van der Waals surface area contributed by atoms with E-state index in [-0.39, 0.29) is 17.8 Å². The first-order chi connectivity index (χ1) is 11.2. The summed E-state index contributed by atoms with van der Waals surface area (Å²) in [7, 11) is 0. The third kappa shape index (κ3) is 3.53. The number of amides is 1. The van der Waals surface area contributed by atoms with Crippen molar-refractivity contribution in [1.82, 2.24) is 24.4 Å². The Morgan fingerprint density at radius 2 is 2.35 bits per heavy atom. The first-order valence-corrected chi connectivity index (χ1v) is 7.87. The van der Waals surface area contributed by atoms with Crippen molar-refractivity contribution < 1.29 is 9.53 Å². The van der Waals surface area contributed by atoms with Crippen LogP contribution in [-0.2, 0) is 11.4 Å². The van der Waals surface area contributed by atoms with Crippen LogP contribution in [0.4, 0.5) is 4.79 Å². The van der Waals surface area contributed by atoms with E-state index >= 15 is 0 Å². The molecule has 2 aromatic rings. The summed E-state index contributed by atoms with van der Waals surface area (Å²) in [4.78, 5) is 25.9. The quantitative estimate of drug-likeness (QED) is 0.895. The Morgan fingerprint density at radius 3 is 3.13 bits per heavy atom. The molecule has 2 aromatic heterocycles. The molecule has 3 heterocycles. The van der Waals surface area contributed by atoms with E-state index in [9.17, 15) is 9.59 Å². The molecule has 1 aliphatic rings. The Balaban J connectivity index is 1.66. The normalized spacial score (nSPS) is 18.9. The Morgan fingerprint density at radius 1 is 1.48 bits per heavy atom. The van der Waals surface area contributed by atoms with E-state index in [4.69, 9.17) is 4.74 Å². The summed E-state index contributed by atoms with van der Waals surface area (Å²) in [6.45, 7) is 4.11. The molecule has 1 fully saturated rings. The highest BCUT2D eigenvalue weighted by Gasteiger charge is 2.22. The van der Waals surface area contributed by atoms with Crippen LogP contribution < -0.4 is 11.0 Å². The summed E-state index contributed by atoms with van der Waals surface area (Å²) in [5, 5.41) is 7.20. The number of carbonyl (C=O) groups is 1. The van der Waals surface area contributed by atoms with Gasteiger partial charge in [0.15, 0.2) is 5.65 Å². The first-order valence-electron chi connectivity index (χ1n) is 7.87. The van der Waals surface area contributed by atoms with Gasteiger partial charge in [0.1, 0.15) is 0 Å². The molecule has 8 heteroatoms. The molecule has 1 atom stereocenters. The highest BCUT2D eigenvalue weighted by atomic mass is 16.5. The van der Waals surface area contributed by atoms with E-state index in [2.05, 4.69) is 15.3 Å². The van der Waals surface area contributed by atoms with Crippen LogP contribution in [-0.4, -0.2) is 50.9 Å². The van der Waals surface area contributed by atoms with Crippen molar-refractivity contribution in [3.63, 3.8) is 0 Å². The maximum atomic E-state index is 12.3. The van der Waals surface area contributed by atoms with Crippen molar-refractivity contribution in [2.45, 2.75) is 32.5 Å². The Labute approximate surface area is 133 Å². The van der Waals surface area contributed by atoms with Crippen LogP contribution in [0.2, 0.25) is 0 Å². The average Bonchev–Trinajstić information content (AvgIpc) is 2.84. The number of pyridine rings is 1. The minimum Gasteiger partial charge on any atom is -0.450 e. The first kappa shape index (κ1) is 15.5. The molecule has 23 heavy (non-hydrogen) atoms. The minimum absolute atomic E-state index is 0.0375. The zero-order valence-electron chi connectivity index (χ0n) is 13.1. The van der Waals surface area contributed by atoms with Crippen molar-refractivity contribution >= 4 is 11.7 Å². The van der Waals surface area contributed by atoms with Gasteiger partial charge in [-0.1, -0.05) is 6.07 Å². The molecule has 8 nitrogen and oxygen atoms in total. The lowest BCUT2D eigenvalue weighted by Gasteiger charge is -2.32. The average molecular weight is 319 g/mol. The van der Waals surface area contributed by atoms with Crippen molar-refractivity contribution in [2.75, 3.05) is 19.7 Å². The standard InChI is InChI=1S/C15H21N5O3/c1-2-23-14(21)16-12-6-5-8-18(10-12)11-20-15(22)19-9-4-3-7-13(19)17-20/h3-4,7,9,12H,2,5-6,8,10-11H2,1H3,(H,16,21). The maximum absolute atomic E-state index is 12.3. The predicted molar refractivity (Wildman–Crippen MR) is 84.2 cm³/mol. The highest BCUT2D eigenvalue weighted by molar-refractivity contribution is 5.67. The number of ether oxygens (including phenoxy) is 1. The van der Waals surface area contributed by atoms with Crippen LogP contribution in [0.1, 0.15) is 19.8 Å². The van der Waals surface area contributed by atoms with E-state index in [0.717, 1.165) is 19.4 Å². The molecule has 124 valence electrons. The maximum Gasteiger partial charge on any atom is 0.407 e. The number of nitrogens with zero attached hydrogens (tertiary/aromatic N) is 4. The number of likely N-dealkylation sites (tertiary alicyclic amines) is 1. The molecule has 0 bridgehead atoms. The van der Waals surface area contributed by atoms with Crippen LogP contribution in [0.3, 0.4) is 0 Å². The van der Waals surface area contributed by atoms with Gasteiger partial charge in [-0.2, -0.15) is 4.68 Å². The SMILES string of the molecule is CCOC(=O)NC1CCCN(Cn2nc3ccccn3c2=O)C1. The summed E-state index contributed by atoms with van der Waals surface area (Å²) in [6, 6.07) is 5.50. The third-order valence-electron chi connectivity index (χ3n) is 3.93. The number of aromatic nitrogens is 3. The van der Waals surface area contributed by atoms with Gasteiger partial charge < -0.3 is 10.1 Å². The molecule has 0 aliphatic carbocycles. The van der Waals surface area contributed by atoms with Crippen LogP contribution in [0.25, 0.3) is 5.65 Å². The molecule has 1 saturated heterocycles. The molecule has 3 rings (SSSR count). The lowest BCUT2D eigenvalue weighted by Crippen LogP contribution is -2.49. The smallest absolute Gasteiger partial charge is 0.407 e. The summed E-state index contributed by atoms with van der Waals surface area (Å²) < 4.78 is 7.90. The van der Waals surface area contributed by atoms with Gasteiger partial charge >= 0.3 is 11.8 Å². The van der Waals surface area contributed by atoms with Crippen LogP contribution in [0, 0.1) is 0 Å². The molecule has 0 radical (unpaired) electrons. The van der Waals surface area contributed by atoms with Gasteiger partial charge in [0, 0.05) is 25.3 Å². The fourth-order valence-corrected chi connectivity index (χ4v) is 2.89. The number of carbonyl (C=O) groups excluding carboxylic acids is 1. The van der Waals surface area contributed by atoms with Gasteiger partial charge in [-0.3, -0.25) is 9.30 Å². The molecule has 1 N–H and O–H groups in total. The van der Waals surface area contributed by atoms with Gasteiger partial charge in [-0.25, -0.2) is 9.59 Å². The van der Waals surface area contributed by atoms with Gasteiger partial charge in [-0.05, 0) is 31.9 Å². The number of hydrogen-bond acceptors (Lipinski definition) is 5. The lowest BCUT2D eigenvalue weighted by molar-refractivity contribution is 0.120. The molecular weight excluding hydrogens is 298 g/mol. The van der Waals surface area contributed by atoms with E-state index in [0.29, 0.717) is 25.5 Å². The third-order valence-corrected chi connectivity index (χ3v) is 3.93. The number of fused-ring (bicyclic) bond motifs is 1. The van der Waals surface area contributed by atoms with Gasteiger partial charge in [0.05, 0.1) is 13.3 Å². The Kier molecular flexibility index (Phi) is 4.61. The summed E-state index contributed by atoms with van der Waals surface area (Å²) in [5.74, 6) is 0. The number of piperidine rings is 1. The summed E-state index contributed by atoms with van der Waals surface area (Å²) in [5.41, 5.74) is 0.483. The molecule has 0 spiro atoms. The van der Waals surface area contributed by atoms with Gasteiger partial charge in [0.2, 0.25) is 0 Å². The van der Waals surface area contributed by atoms with Crippen molar-refractivity contribution in [3.8, 4) is 0 Å². The Bertz CT molecular complexity index is 738. The van der Waals surface area contributed by atoms with E-state index < -0.39 is 0 Å². The lowest BCUT2D eigenvalue weighted by atomic mass is 10.1. The Hall–Kier alpha value is -2.35. The van der Waals surface area contributed by atoms with Crippen molar-refractivity contribution in [3.05, 3.63) is 34.9 Å². The topological polar surface area (TPSA) is 80.9 Å². The summed E-state index contributed by atoms with van der Waals surface area (Å²) in [6.07, 6.45) is 3.20. The van der Waals surface area contributed by atoms with Gasteiger partial charge in [-0.15, -0.1) is 5.10 Å². The molecule has 0 saturated carbocycles. The minimum atomic E-state index is -0.385. The summed E-state index contributed by atoms with van der Waals surface area (Å²) >= 11 is 0.